The molecule has 8 heteroatoms. The second-order valence-electron chi connectivity index (χ2n) is 5.80. The molecule has 0 fully saturated rings. The van der Waals surface area contributed by atoms with Crippen LogP contribution in [0.15, 0.2) is 60.7 Å². The van der Waals surface area contributed by atoms with E-state index in [1.165, 1.54) is 0 Å². The number of anilines is 1. The molecule has 0 radical (unpaired) electrons. The van der Waals surface area contributed by atoms with E-state index in [1.54, 1.807) is 54.6 Å². The molecule has 0 saturated heterocycles. The Hall–Kier alpha value is -3.68. The van der Waals surface area contributed by atoms with Gasteiger partial charge in [-0.1, -0.05) is 36.4 Å². The fourth-order valence-electron chi connectivity index (χ4n) is 2.18. The van der Waals surface area contributed by atoms with Gasteiger partial charge in [-0.2, -0.15) is 0 Å². The molecule has 0 aromatic heterocycles. The predicted molar refractivity (Wildman–Crippen MR) is 102 cm³/mol. The second-order valence-corrected chi connectivity index (χ2v) is 5.80. The Kier molecular flexibility index (Phi) is 8.19. The lowest BCUT2D eigenvalue weighted by Gasteiger charge is -2.08. The molecular formula is C20H21N3O5. The minimum atomic E-state index is -0.579. The molecule has 0 spiro atoms. The Morgan fingerprint density at radius 3 is 2.07 bits per heavy atom. The van der Waals surface area contributed by atoms with Gasteiger partial charge >= 0.3 is 5.97 Å². The molecule has 0 aliphatic carbocycles. The summed E-state index contributed by atoms with van der Waals surface area (Å²) < 4.78 is 4.86. The van der Waals surface area contributed by atoms with Gasteiger partial charge in [0.15, 0.2) is 6.61 Å². The zero-order chi connectivity index (χ0) is 20.2. The van der Waals surface area contributed by atoms with Crippen molar-refractivity contribution in [2.24, 2.45) is 0 Å². The highest BCUT2D eigenvalue weighted by Crippen LogP contribution is 2.05. The summed E-state index contributed by atoms with van der Waals surface area (Å²) in [6, 6.07) is 17.2. The van der Waals surface area contributed by atoms with Crippen LogP contribution in [0.1, 0.15) is 29.6 Å². The summed E-state index contributed by atoms with van der Waals surface area (Å²) in [6.07, 6.45) is 0.241. The predicted octanol–water partition coefficient (Wildman–Crippen LogP) is 1.80. The minimum Gasteiger partial charge on any atom is -0.456 e. The van der Waals surface area contributed by atoms with Crippen molar-refractivity contribution in [3.8, 4) is 0 Å². The van der Waals surface area contributed by atoms with E-state index in [4.69, 9.17) is 4.74 Å². The van der Waals surface area contributed by atoms with E-state index in [9.17, 15) is 19.2 Å². The van der Waals surface area contributed by atoms with Crippen LogP contribution in [0, 0.1) is 0 Å². The third-order valence-corrected chi connectivity index (χ3v) is 3.56. The van der Waals surface area contributed by atoms with E-state index in [0.717, 1.165) is 0 Å². The first-order chi connectivity index (χ1) is 13.5. The van der Waals surface area contributed by atoms with Gasteiger partial charge in [0.25, 0.3) is 11.8 Å². The van der Waals surface area contributed by atoms with Crippen LogP contribution in [0.4, 0.5) is 5.69 Å². The first kappa shape index (κ1) is 20.6. The Balaban J connectivity index is 1.56. The zero-order valence-electron chi connectivity index (χ0n) is 15.1. The summed E-state index contributed by atoms with van der Waals surface area (Å²) in [5.41, 5.74) is 5.60. The molecule has 3 amide bonds. The Bertz CT molecular complexity index is 809. The van der Waals surface area contributed by atoms with Crippen LogP contribution in [0.2, 0.25) is 0 Å². The SMILES string of the molecule is O=C(CCCC(=O)OCC(=O)Nc1ccccc1)NNC(=O)c1ccccc1. The molecule has 0 saturated carbocycles. The van der Waals surface area contributed by atoms with Gasteiger partial charge in [0.2, 0.25) is 5.91 Å². The standard InChI is InChI=1S/C20H21N3O5/c24-17(22-23-20(27)15-8-3-1-4-9-15)12-7-13-19(26)28-14-18(25)21-16-10-5-2-6-11-16/h1-6,8-11H,7,12-14H2,(H,21,25)(H,22,24)(H,23,27). The number of amides is 3. The van der Waals surface area contributed by atoms with E-state index in [1.807, 2.05) is 6.07 Å². The normalized spacial score (nSPS) is 9.86. The minimum absolute atomic E-state index is 0.0152. The number of esters is 1. The first-order valence-corrected chi connectivity index (χ1v) is 8.69. The molecule has 0 aliphatic rings. The van der Waals surface area contributed by atoms with Gasteiger partial charge in [-0.15, -0.1) is 0 Å². The number of hydrazine groups is 1. The van der Waals surface area contributed by atoms with Crippen molar-refractivity contribution in [3.63, 3.8) is 0 Å². The van der Waals surface area contributed by atoms with Crippen LogP contribution >= 0.6 is 0 Å². The Morgan fingerprint density at radius 2 is 1.39 bits per heavy atom. The average molecular weight is 383 g/mol. The van der Waals surface area contributed by atoms with Gasteiger partial charge in [0.05, 0.1) is 0 Å². The fraction of sp³-hybridized carbons (Fsp3) is 0.200. The van der Waals surface area contributed by atoms with E-state index in [2.05, 4.69) is 16.2 Å². The van der Waals surface area contributed by atoms with Crippen molar-refractivity contribution in [2.75, 3.05) is 11.9 Å². The smallest absolute Gasteiger partial charge is 0.306 e. The highest BCUT2D eigenvalue weighted by molar-refractivity contribution is 5.95. The molecule has 2 aromatic carbocycles. The number of para-hydroxylation sites is 1. The van der Waals surface area contributed by atoms with Crippen LogP contribution in [0.25, 0.3) is 0 Å². The van der Waals surface area contributed by atoms with Gasteiger partial charge in [-0.25, -0.2) is 0 Å². The molecule has 146 valence electrons. The average Bonchev–Trinajstić information content (AvgIpc) is 2.72. The monoisotopic (exact) mass is 383 g/mol. The Morgan fingerprint density at radius 1 is 0.750 bits per heavy atom. The maximum absolute atomic E-state index is 11.8. The van der Waals surface area contributed by atoms with Crippen LogP contribution in [0.5, 0.6) is 0 Å². The molecule has 0 bridgehead atoms. The van der Waals surface area contributed by atoms with Crippen LogP contribution in [-0.2, 0) is 19.1 Å². The maximum Gasteiger partial charge on any atom is 0.306 e. The van der Waals surface area contributed by atoms with Gasteiger partial charge in [0, 0.05) is 24.1 Å². The van der Waals surface area contributed by atoms with Gasteiger partial charge < -0.3 is 10.1 Å². The van der Waals surface area contributed by atoms with Crippen molar-refractivity contribution in [1.29, 1.82) is 0 Å². The second kappa shape index (κ2) is 11.1. The molecule has 2 aromatic rings. The lowest BCUT2D eigenvalue weighted by atomic mass is 10.2. The van der Waals surface area contributed by atoms with Gasteiger partial charge in [-0.05, 0) is 30.7 Å². The molecule has 0 heterocycles. The number of rotatable bonds is 8. The summed E-state index contributed by atoms with van der Waals surface area (Å²) in [7, 11) is 0. The number of carbonyl (C=O) groups is 4. The van der Waals surface area contributed by atoms with Crippen molar-refractivity contribution >= 4 is 29.4 Å². The van der Waals surface area contributed by atoms with Gasteiger partial charge in [0.1, 0.15) is 0 Å². The number of hydrogen-bond donors (Lipinski definition) is 3. The molecule has 3 N–H and O–H groups in total. The summed E-state index contributed by atoms with van der Waals surface area (Å²) >= 11 is 0. The van der Waals surface area contributed by atoms with Crippen LogP contribution in [0.3, 0.4) is 0 Å². The van der Waals surface area contributed by atoms with Crippen molar-refractivity contribution < 1.29 is 23.9 Å². The van der Waals surface area contributed by atoms with Crippen molar-refractivity contribution in [3.05, 3.63) is 66.2 Å². The number of benzene rings is 2. The lowest BCUT2D eigenvalue weighted by Crippen LogP contribution is -2.41. The number of carbonyl (C=O) groups excluding carboxylic acids is 4. The topological polar surface area (TPSA) is 114 Å². The summed E-state index contributed by atoms with van der Waals surface area (Å²) in [5.74, 6) is -1.89. The molecule has 0 aliphatic heterocycles. The fourth-order valence-corrected chi connectivity index (χ4v) is 2.18. The van der Waals surface area contributed by atoms with Crippen molar-refractivity contribution in [1.82, 2.24) is 10.9 Å². The van der Waals surface area contributed by atoms with E-state index >= 15 is 0 Å². The van der Waals surface area contributed by atoms with E-state index < -0.39 is 30.3 Å². The van der Waals surface area contributed by atoms with Crippen LogP contribution in [-0.4, -0.2) is 30.3 Å². The third kappa shape index (κ3) is 7.69. The lowest BCUT2D eigenvalue weighted by molar-refractivity contribution is -0.147. The molecule has 2 rings (SSSR count). The maximum atomic E-state index is 11.8. The molecule has 8 nitrogen and oxygen atoms in total. The third-order valence-electron chi connectivity index (χ3n) is 3.56. The molecule has 0 unspecified atom stereocenters. The number of ether oxygens (including phenoxy) is 1. The first-order valence-electron chi connectivity index (χ1n) is 8.69. The largest absolute Gasteiger partial charge is 0.456 e. The number of nitrogens with one attached hydrogen (secondary N) is 3. The Labute approximate surface area is 162 Å². The molecule has 0 atom stereocenters. The van der Waals surface area contributed by atoms with E-state index in [-0.39, 0.29) is 19.3 Å². The quantitative estimate of drug-likeness (QED) is 0.475. The number of hydrogen-bond acceptors (Lipinski definition) is 5. The van der Waals surface area contributed by atoms with Gasteiger partial charge in [-0.3, -0.25) is 30.0 Å². The summed E-state index contributed by atoms with van der Waals surface area (Å²) in [4.78, 5) is 46.8. The highest BCUT2D eigenvalue weighted by atomic mass is 16.5. The highest BCUT2D eigenvalue weighted by Gasteiger charge is 2.10. The van der Waals surface area contributed by atoms with E-state index in [0.29, 0.717) is 11.3 Å². The van der Waals surface area contributed by atoms with Crippen LogP contribution < -0.4 is 16.2 Å². The zero-order valence-corrected chi connectivity index (χ0v) is 15.1. The summed E-state index contributed by atoms with van der Waals surface area (Å²) in [6.45, 7) is -0.396. The van der Waals surface area contributed by atoms with Crippen molar-refractivity contribution in [2.45, 2.75) is 19.3 Å². The summed E-state index contributed by atoms with van der Waals surface area (Å²) in [5, 5.41) is 2.59. The molecular weight excluding hydrogens is 362 g/mol. The molecule has 28 heavy (non-hydrogen) atoms.